The average Bonchev–Trinajstić information content (AvgIpc) is 2.16. The van der Waals surface area contributed by atoms with Gasteiger partial charge in [0.2, 0.25) is 0 Å². The number of nitrogens with zero attached hydrogens (tertiary/aromatic N) is 1. The van der Waals surface area contributed by atoms with Crippen molar-refractivity contribution in [2.45, 2.75) is 32.4 Å². The molecule has 2 N–H and O–H groups in total. The molecule has 1 fully saturated rings. The fourth-order valence-electron chi connectivity index (χ4n) is 1.70. The van der Waals surface area contributed by atoms with Crippen LogP contribution in [0.1, 0.15) is 20.8 Å². The molecule has 5 heteroatoms. The lowest BCUT2D eigenvalue weighted by atomic mass is 10.2. The second-order valence-corrected chi connectivity index (χ2v) is 5.14. The molecule has 0 bridgehead atoms. The first-order valence-electron chi connectivity index (χ1n) is 5.78. The molecule has 1 aliphatic heterocycles. The Labute approximate surface area is 97.5 Å². The third kappa shape index (κ3) is 4.37. The zero-order chi connectivity index (χ0) is 12.2. The fourth-order valence-corrected chi connectivity index (χ4v) is 1.70. The Morgan fingerprint density at radius 2 is 2.25 bits per heavy atom. The molecular weight excluding hydrogens is 206 g/mol. The molecule has 1 atom stereocenters. The van der Waals surface area contributed by atoms with E-state index in [0.29, 0.717) is 12.6 Å². The monoisotopic (exact) mass is 229 g/mol. The van der Waals surface area contributed by atoms with Gasteiger partial charge in [0.1, 0.15) is 5.60 Å². The Hall–Kier alpha value is -0.810. The highest BCUT2D eigenvalue weighted by atomic mass is 16.6. The van der Waals surface area contributed by atoms with Gasteiger partial charge in [-0.25, -0.2) is 4.79 Å². The first-order valence-corrected chi connectivity index (χ1v) is 5.78. The summed E-state index contributed by atoms with van der Waals surface area (Å²) < 4.78 is 5.34. The molecule has 1 saturated heterocycles. The summed E-state index contributed by atoms with van der Waals surface area (Å²) in [7, 11) is 1.91. The van der Waals surface area contributed by atoms with Gasteiger partial charge in [-0.05, 0) is 27.8 Å². The Kier molecular flexibility index (Phi) is 4.56. The largest absolute Gasteiger partial charge is 0.444 e. The second kappa shape index (κ2) is 5.50. The summed E-state index contributed by atoms with van der Waals surface area (Å²) in [6, 6.07) is 0.311. The van der Waals surface area contributed by atoms with Crippen LogP contribution in [0.4, 0.5) is 4.79 Å². The Bertz CT molecular complexity index is 236. The number of likely N-dealkylation sites (N-methyl/N-ethyl adjacent to an activating group) is 1. The van der Waals surface area contributed by atoms with Gasteiger partial charge in [0.05, 0.1) is 0 Å². The van der Waals surface area contributed by atoms with Crippen molar-refractivity contribution in [3.05, 3.63) is 0 Å². The van der Waals surface area contributed by atoms with Crippen molar-refractivity contribution in [3.8, 4) is 0 Å². The van der Waals surface area contributed by atoms with Crippen molar-refractivity contribution in [2.24, 2.45) is 0 Å². The maximum atomic E-state index is 11.8. The lowest BCUT2D eigenvalue weighted by molar-refractivity contribution is 0.0196. The third-order valence-electron chi connectivity index (χ3n) is 2.36. The van der Waals surface area contributed by atoms with Crippen molar-refractivity contribution in [3.63, 3.8) is 0 Å². The molecule has 1 unspecified atom stereocenters. The highest BCUT2D eigenvalue weighted by Gasteiger charge is 2.26. The summed E-state index contributed by atoms with van der Waals surface area (Å²) in [4.78, 5) is 13.6. The smallest absolute Gasteiger partial charge is 0.410 e. The molecule has 1 amide bonds. The Morgan fingerprint density at radius 1 is 1.56 bits per heavy atom. The van der Waals surface area contributed by atoms with E-state index in [1.54, 1.807) is 4.90 Å². The van der Waals surface area contributed by atoms with Gasteiger partial charge in [-0.2, -0.15) is 0 Å². The average molecular weight is 229 g/mol. The van der Waals surface area contributed by atoms with Crippen LogP contribution in [0.15, 0.2) is 0 Å². The number of rotatable bonds is 2. The van der Waals surface area contributed by atoms with Crippen LogP contribution in [-0.4, -0.2) is 55.9 Å². The number of carbonyl (C=O) groups is 1. The quantitative estimate of drug-likeness (QED) is 0.720. The Morgan fingerprint density at radius 3 is 2.81 bits per heavy atom. The normalized spacial score (nSPS) is 22.0. The van der Waals surface area contributed by atoms with Gasteiger partial charge in [0.15, 0.2) is 0 Å². The minimum atomic E-state index is -0.416. The van der Waals surface area contributed by atoms with Crippen LogP contribution in [0.2, 0.25) is 0 Å². The zero-order valence-corrected chi connectivity index (χ0v) is 10.7. The van der Waals surface area contributed by atoms with Crippen molar-refractivity contribution in [1.82, 2.24) is 15.5 Å². The summed E-state index contributed by atoms with van der Waals surface area (Å²) in [5.74, 6) is 0. The van der Waals surface area contributed by atoms with Crippen LogP contribution < -0.4 is 10.6 Å². The molecule has 16 heavy (non-hydrogen) atoms. The minimum Gasteiger partial charge on any atom is -0.444 e. The molecule has 0 saturated carbocycles. The van der Waals surface area contributed by atoms with Crippen molar-refractivity contribution >= 4 is 6.09 Å². The fraction of sp³-hybridized carbons (Fsp3) is 0.909. The SMILES string of the molecule is CNCC1CN(C(=O)OC(C)(C)C)CCN1. The summed E-state index contributed by atoms with van der Waals surface area (Å²) in [5.41, 5.74) is -0.416. The van der Waals surface area contributed by atoms with Crippen molar-refractivity contribution in [1.29, 1.82) is 0 Å². The highest BCUT2D eigenvalue weighted by Crippen LogP contribution is 2.11. The number of carbonyl (C=O) groups excluding carboxylic acids is 1. The van der Waals surface area contributed by atoms with Crippen LogP contribution in [-0.2, 0) is 4.74 Å². The number of ether oxygens (including phenoxy) is 1. The van der Waals surface area contributed by atoms with E-state index in [2.05, 4.69) is 10.6 Å². The summed E-state index contributed by atoms with van der Waals surface area (Å²) in [5, 5.41) is 6.46. The van der Waals surface area contributed by atoms with E-state index >= 15 is 0 Å². The van der Waals surface area contributed by atoms with Gasteiger partial charge in [-0.15, -0.1) is 0 Å². The molecule has 0 aromatic rings. The minimum absolute atomic E-state index is 0.213. The van der Waals surface area contributed by atoms with Crippen molar-refractivity contribution in [2.75, 3.05) is 33.2 Å². The molecule has 0 spiro atoms. The molecule has 1 aliphatic rings. The van der Waals surface area contributed by atoms with E-state index in [9.17, 15) is 4.79 Å². The molecule has 0 aliphatic carbocycles. The van der Waals surface area contributed by atoms with Crippen molar-refractivity contribution < 1.29 is 9.53 Å². The van der Waals surface area contributed by atoms with Gasteiger partial charge < -0.3 is 20.3 Å². The molecule has 94 valence electrons. The van der Waals surface area contributed by atoms with E-state index in [4.69, 9.17) is 4.74 Å². The zero-order valence-electron chi connectivity index (χ0n) is 10.7. The lowest BCUT2D eigenvalue weighted by Crippen LogP contribution is -2.56. The van der Waals surface area contributed by atoms with E-state index in [0.717, 1.165) is 19.6 Å². The van der Waals surface area contributed by atoms with E-state index in [-0.39, 0.29) is 6.09 Å². The van der Waals surface area contributed by atoms with E-state index in [1.165, 1.54) is 0 Å². The summed E-state index contributed by atoms with van der Waals surface area (Å²) in [6.45, 7) is 8.77. The third-order valence-corrected chi connectivity index (χ3v) is 2.36. The molecule has 0 aromatic carbocycles. The number of nitrogens with one attached hydrogen (secondary N) is 2. The summed E-state index contributed by atoms with van der Waals surface area (Å²) in [6.07, 6.45) is -0.213. The second-order valence-electron chi connectivity index (χ2n) is 5.14. The van der Waals surface area contributed by atoms with Gasteiger partial charge in [-0.1, -0.05) is 0 Å². The maximum Gasteiger partial charge on any atom is 0.410 e. The lowest BCUT2D eigenvalue weighted by Gasteiger charge is -2.34. The van der Waals surface area contributed by atoms with E-state index < -0.39 is 5.60 Å². The number of hydrogen-bond donors (Lipinski definition) is 2. The van der Waals surface area contributed by atoms with Crippen LogP contribution >= 0.6 is 0 Å². The maximum absolute atomic E-state index is 11.8. The molecular formula is C11H23N3O2. The van der Waals surface area contributed by atoms with Gasteiger partial charge >= 0.3 is 6.09 Å². The van der Waals surface area contributed by atoms with Gasteiger partial charge in [0, 0.05) is 32.2 Å². The van der Waals surface area contributed by atoms with Crippen LogP contribution in [0.25, 0.3) is 0 Å². The number of piperazine rings is 1. The standard InChI is InChI=1S/C11H23N3O2/c1-11(2,3)16-10(15)14-6-5-13-9(8-14)7-12-4/h9,12-13H,5-8H2,1-4H3. The molecule has 1 heterocycles. The van der Waals surface area contributed by atoms with Crippen LogP contribution in [0.5, 0.6) is 0 Å². The predicted octanol–water partition coefficient (Wildman–Crippen LogP) is 0.415. The van der Waals surface area contributed by atoms with Gasteiger partial charge in [-0.3, -0.25) is 0 Å². The van der Waals surface area contributed by atoms with Gasteiger partial charge in [0.25, 0.3) is 0 Å². The molecule has 0 aromatic heterocycles. The number of hydrogen-bond acceptors (Lipinski definition) is 4. The molecule has 5 nitrogen and oxygen atoms in total. The Balaban J connectivity index is 2.44. The predicted molar refractivity (Wildman–Crippen MR) is 63.5 cm³/mol. The topological polar surface area (TPSA) is 53.6 Å². The highest BCUT2D eigenvalue weighted by molar-refractivity contribution is 5.68. The molecule has 0 radical (unpaired) electrons. The summed E-state index contributed by atoms with van der Waals surface area (Å²) >= 11 is 0. The number of amides is 1. The van der Waals surface area contributed by atoms with E-state index in [1.807, 2.05) is 27.8 Å². The van der Waals surface area contributed by atoms with Crippen LogP contribution in [0.3, 0.4) is 0 Å². The van der Waals surface area contributed by atoms with Crippen LogP contribution in [0, 0.1) is 0 Å². The first-order chi connectivity index (χ1) is 7.42. The molecule has 1 rings (SSSR count). The first kappa shape index (κ1) is 13.3.